The van der Waals surface area contributed by atoms with Crippen molar-refractivity contribution in [3.63, 3.8) is 0 Å². The Morgan fingerprint density at radius 3 is 2.71 bits per heavy atom. The lowest BCUT2D eigenvalue weighted by Crippen LogP contribution is -2.41. The van der Waals surface area contributed by atoms with Crippen LogP contribution in [-0.2, 0) is 16.1 Å². The molecule has 35 heavy (non-hydrogen) atoms. The molecule has 2 N–H and O–H groups in total. The van der Waals surface area contributed by atoms with E-state index >= 15 is 0 Å². The van der Waals surface area contributed by atoms with Crippen LogP contribution in [0.4, 0.5) is 17.3 Å². The summed E-state index contributed by atoms with van der Waals surface area (Å²) >= 11 is 1.44. The van der Waals surface area contributed by atoms with Crippen LogP contribution in [0.1, 0.15) is 51.1 Å². The van der Waals surface area contributed by atoms with E-state index in [0.29, 0.717) is 23.2 Å². The Balaban J connectivity index is 1.22. The third-order valence-corrected chi connectivity index (χ3v) is 9.15. The number of amides is 1. The second kappa shape index (κ2) is 8.60. The number of aliphatic hydroxyl groups is 1. The van der Waals surface area contributed by atoms with Gasteiger partial charge in [0.05, 0.1) is 43.2 Å². The van der Waals surface area contributed by atoms with Crippen molar-refractivity contribution in [3.05, 3.63) is 24.2 Å². The summed E-state index contributed by atoms with van der Waals surface area (Å²) in [4.78, 5) is 32.0. The van der Waals surface area contributed by atoms with Crippen LogP contribution in [0.3, 0.4) is 0 Å². The molecule has 1 aliphatic carbocycles. The molecule has 3 aliphatic heterocycles. The van der Waals surface area contributed by atoms with Crippen molar-refractivity contribution in [1.29, 1.82) is 0 Å². The van der Waals surface area contributed by atoms with E-state index in [1.807, 2.05) is 13.1 Å². The first kappa shape index (κ1) is 23.0. The molecule has 4 aliphatic rings. The van der Waals surface area contributed by atoms with Crippen LogP contribution in [0, 0.1) is 5.41 Å². The molecule has 0 radical (unpaired) electrons. The first-order chi connectivity index (χ1) is 16.9. The smallest absolute Gasteiger partial charge is 0.226 e. The number of hydrogen-bond acceptors (Lipinski definition) is 9. The van der Waals surface area contributed by atoms with Gasteiger partial charge in [-0.25, -0.2) is 15.0 Å². The van der Waals surface area contributed by atoms with Crippen LogP contribution >= 0.6 is 11.8 Å². The van der Waals surface area contributed by atoms with E-state index in [1.165, 1.54) is 11.8 Å². The van der Waals surface area contributed by atoms with Gasteiger partial charge in [0.1, 0.15) is 10.7 Å². The second-order valence-electron chi connectivity index (χ2n) is 10.6. The number of nitrogens with zero attached hydrogens (tertiary/aromatic N) is 5. The number of ether oxygens (including phenoxy) is 1. The number of piperidine rings is 1. The second-order valence-corrected chi connectivity index (χ2v) is 11.6. The number of aromatic nitrogens is 3. The van der Waals surface area contributed by atoms with Gasteiger partial charge >= 0.3 is 0 Å². The minimum Gasteiger partial charge on any atom is -0.390 e. The van der Waals surface area contributed by atoms with E-state index in [0.717, 1.165) is 74.0 Å². The van der Waals surface area contributed by atoms with Gasteiger partial charge in [0.2, 0.25) is 5.91 Å². The molecule has 1 saturated carbocycles. The monoisotopic (exact) mass is 496 g/mol. The molecule has 10 heteroatoms. The van der Waals surface area contributed by atoms with Crippen LogP contribution in [0.2, 0.25) is 0 Å². The Bertz CT molecular complexity index is 1150. The van der Waals surface area contributed by atoms with Gasteiger partial charge in [0, 0.05) is 31.2 Å². The van der Waals surface area contributed by atoms with Gasteiger partial charge in [-0.05, 0) is 50.5 Å². The number of pyridine rings is 1. The maximum atomic E-state index is 12.6. The first-order valence-corrected chi connectivity index (χ1v) is 13.3. The molecule has 186 valence electrons. The summed E-state index contributed by atoms with van der Waals surface area (Å²) in [6.45, 7) is 4.61. The van der Waals surface area contributed by atoms with Crippen molar-refractivity contribution in [2.45, 2.75) is 73.6 Å². The zero-order valence-corrected chi connectivity index (χ0v) is 21.1. The molecule has 1 amide bonds. The van der Waals surface area contributed by atoms with Crippen LogP contribution in [0.5, 0.6) is 0 Å². The van der Waals surface area contributed by atoms with E-state index in [4.69, 9.17) is 14.7 Å². The highest BCUT2D eigenvalue weighted by Crippen LogP contribution is 2.50. The summed E-state index contributed by atoms with van der Waals surface area (Å²) in [5.41, 5.74) is 1.49. The van der Waals surface area contributed by atoms with Crippen LogP contribution in [0.15, 0.2) is 28.4 Å². The lowest BCUT2D eigenvalue weighted by molar-refractivity contribution is -0.116. The number of nitrogens with one attached hydrogen (secondary N) is 1. The largest absolute Gasteiger partial charge is 0.390 e. The highest BCUT2D eigenvalue weighted by Gasteiger charge is 2.50. The normalized spacial score (nSPS) is 24.4. The zero-order valence-electron chi connectivity index (χ0n) is 20.3. The van der Waals surface area contributed by atoms with Crippen molar-refractivity contribution < 1.29 is 14.6 Å². The predicted octanol–water partition coefficient (Wildman–Crippen LogP) is 3.22. The number of fused-ring (bicyclic) bond motifs is 1. The van der Waals surface area contributed by atoms with Gasteiger partial charge in [0.25, 0.3) is 0 Å². The lowest BCUT2D eigenvalue weighted by atomic mass is 9.77. The summed E-state index contributed by atoms with van der Waals surface area (Å²) in [6, 6.07) is 1.89. The molecule has 2 spiro atoms. The van der Waals surface area contributed by atoms with Gasteiger partial charge in [-0.15, -0.1) is 0 Å². The molecule has 3 fully saturated rings. The minimum atomic E-state index is -0.172. The highest BCUT2D eigenvalue weighted by molar-refractivity contribution is 7.99. The summed E-state index contributed by atoms with van der Waals surface area (Å²) in [5.74, 6) is 1.57. The Morgan fingerprint density at radius 2 is 2.03 bits per heavy atom. The molecular weight excluding hydrogens is 464 g/mol. The molecule has 2 aromatic heterocycles. The van der Waals surface area contributed by atoms with Crippen molar-refractivity contribution in [1.82, 2.24) is 15.0 Å². The molecule has 5 heterocycles. The number of carbonyl (C=O) groups is 1. The topological polar surface area (TPSA) is 104 Å². The molecule has 9 nitrogen and oxygen atoms in total. The molecule has 2 saturated heterocycles. The molecule has 0 unspecified atom stereocenters. The average molecular weight is 497 g/mol. The summed E-state index contributed by atoms with van der Waals surface area (Å²) in [6.07, 6.45) is 9.63. The SMILES string of the molecule is C[C@H]1CC2(CCN(c3ncc(Sc4ccnc5c4NC(=O)CC4(CC4)N5C)nc3CO)CC2)CO1. The molecule has 1 atom stereocenters. The maximum absolute atomic E-state index is 12.6. The zero-order chi connectivity index (χ0) is 24.2. The van der Waals surface area contributed by atoms with Crippen LogP contribution in [-0.4, -0.2) is 64.4 Å². The van der Waals surface area contributed by atoms with Gasteiger partial charge in [0.15, 0.2) is 11.6 Å². The third kappa shape index (κ3) is 4.15. The number of carbonyl (C=O) groups excluding carboxylic acids is 1. The highest BCUT2D eigenvalue weighted by atomic mass is 32.2. The van der Waals surface area contributed by atoms with Gasteiger partial charge < -0.3 is 25.0 Å². The summed E-state index contributed by atoms with van der Waals surface area (Å²) in [7, 11) is 2.02. The maximum Gasteiger partial charge on any atom is 0.226 e. The van der Waals surface area contributed by atoms with Crippen molar-refractivity contribution in [3.8, 4) is 0 Å². The van der Waals surface area contributed by atoms with Gasteiger partial charge in [-0.3, -0.25) is 4.79 Å². The standard InChI is InChI=1S/C25H32N6O3S/c1-16-11-24(15-34-16)6-9-31(10-7-24)22-17(14-32)28-20(13-27-22)35-18-3-8-26-23-21(18)29-19(33)12-25(4-5-25)30(23)2/h3,8,13,16,32H,4-7,9-12,14-15H2,1-2H3,(H,29,33)/t16-/m0/s1. The Kier molecular flexibility index (Phi) is 5.65. The number of aliphatic hydroxyl groups excluding tert-OH is 1. The predicted molar refractivity (Wildman–Crippen MR) is 134 cm³/mol. The van der Waals surface area contributed by atoms with Crippen molar-refractivity contribution in [2.24, 2.45) is 5.41 Å². The van der Waals surface area contributed by atoms with Gasteiger partial charge in [-0.1, -0.05) is 11.8 Å². The van der Waals surface area contributed by atoms with Crippen LogP contribution < -0.4 is 15.1 Å². The van der Waals surface area contributed by atoms with E-state index in [9.17, 15) is 9.90 Å². The van der Waals surface area contributed by atoms with Crippen molar-refractivity contribution >= 4 is 35.0 Å². The fourth-order valence-electron chi connectivity index (χ4n) is 5.90. The third-order valence-electron chi connectivity index (χ3n) is 8.19. The number of rotatable bonds is 4. The molecule has 0 aromatic carbocycles. The Labute approximate surface area is 209 Å². The van der Waals surface area contributed by atoms with E-state index in [2.05, 4.69) is 27.0 Å². The molecule has 2 aromatic rings. The quantitative estimate of drug-likeness (QED) is 0.660. The lowest BCUT2D eigenvalue weighted by Gasteiger charge is -2.39. The Morgan fingerprint density at radius 1 is 1.23 bits per heavy atom. The fourth-order valence-corrected chi connectivity index (χ4v) is 6.76. The minimum absolute atomic E-state index is 0.0188. The van der Waals surface area contributed by atoms with E-state index < -0.39 is 0 Å². The molecule has 0 bridgehead atoms. The van der Waals surface area contributed by atoms with Crippen LogP contribution in [0.25, 0.3) is 0 Å². The fraction of sp³-hybridized carbons (Fsp3) is 0.600. The van der Waals surface area contributed by atoms with E-state index in [-0.39, 0.29) is 23.5 Å². The van der Waals surface area contributed by atoms with Crippen molar-refractivity contribution in [2.75, 3.05) is 41.9 Å². The summed E-state index contributed by atoms with van der Waals surface area (Å²) in [5, 5.41) is 13.9. The van der Waals surface area contributed by atoms with Gasteiger partial charge in [-0.2, -0.15) is 0 Å². The molecule has 6 rings (SSSR count). The average Bonchev–Trinajstić information content (AvgIpc) is 3.57. The first-order valence-electron chi connectivity index (χ1n) is 12.4. The summed E-state index contributed by atoms with van der Waals surface area (Å²) < 4.78 is 5.86. The number of anilines is 3. The number of hydrogen-bond donors (Lipinski definition) is 2. The molecular formula is C25H32N6O3S. The van der Waals surface area contributed by atoms with E-state index in [1.54, 1.807) is 12.4 Å². The Hall–Kier alpha value is -2.43.